The molecule has 2 aromatic heterocycles. The molecule has 2 atom stereocenters. The standard InChI is InChI=1S/C30H27FN6O/c1-30(2)28(34-19-26-32-15-6-16-33-26)27(20-7-4-3-5-8-20)36(29(30)38)24-13-14-25-21(17-24)18-35-37(25)23-11-9-22(31)10-12-23/h3-18,27-28,34H,19H2,1-2H3/t27?,28-/m1/s1. The van der Waals surface area contributed by atoms with Gasteiger partial charge in [0.15, 0.2) is 0 Å². The molecule has 0 aliphatic carbocycles. The van der Waals surface area contributed by atoms with Crippen molar-refractivity contribution in [1.29, 1.82) is 0 Å². The second-order valence-electron chi connectivity index (χ2n) is 10.1. The van der Waals surface area contributed by atoms with E-state index in [1.165, 1.54) is 12.1 Å². The quantitative estimate of drug-likeness (QED) is 0.341. The van der Waals surface area contributed by atoms with Crippen LogP contribution >= 0.6 is 0 Å². The summed E-state index contributed by atoms with van der Waals surface area (Å²) in [5.74, 6) is 0.412. The van der Waals surface area contributed by atoms with Crippen LogP contribution in [-0.4, -0.2) is 31.7 Å². The fraction of sp³-hybridized carbons (Fsp3) is 0.200. The molecule has 3 aromatic carbocycles. The maximum absolute atomic E-state index is 14.0. The van der Waals surface area contributed by atoms with E-state index < -0.39 is 5.41 Å². The van der Waals surface area contributed by atoms with Gasteiger partial charge in [0.2, 0.25) is 5.91 Å². The van der Waals surface area contributed by atoms with E-state index in [0.29, 0.717) is 12.4 Å². The second kappa shape index (κ2) is 9.46. The number of carbonyl (C=O) groups is 1. The van der Waals surface area contributed by atoms with Crippen molar-refractivity contribution in [3.05, 3.63) is 115 Å². The van der Waals surface area contributed by atoms with E-state index in [0.717, 1.165) is 27.8 Å². The van der Waals surface area contributed by atoms with Gasteiger partial charge in [-0.2, -0.15) is 5.10 Å². The Kier molecular flexibility index (Phi) is 5.96. The number of amides is 1. The van der Waals surface area contributed by atoms with Gasteiger partial charge in [0.1, 0.15) is 11.6 Å². The summed E-state index contributed by atoms with van der Waals surface area (Å²) in [6.07, 6.45) is 5.21. The predicted molar refractivity (Wildman–Crippen MR) is 144 cm³/mol. The van der Waals surface area contributed by atoms with Gasteiger partial charge < -0.3 is 10.2 Å². The van der Waals surface area contributed by atoms with Gasteiger partial charge in [0.05, 0.1) is 35.4 Å². The van der Waals surface area contributed by atoms with Crippen molar-refractivity contribution in [2.24, 2.45) is 5.41 Å². The van der Waals surface area contributed by atoms with Crippen molar-refractivity contribution in [1.82, 2.24) is 25.1 Å². The fourth-order valence-electron chi connectivity index (χ4n) is 5.33. The van der Waals surface area contributed by atoms with Gasteiger partial charge in [-0.15, -0.1) is 0 Å². The molecule has 1 amide bonds. The maximum atomic E-state index is 14.0. The Labute approximate surface area is 220 Å². The Morgan fingerprint density at radius 2 is 1.63 bits per heavy atom. The number of benzene rings is 3. The topological polar surface area (TPSA) is 75.9 Å². The van der Waals surface area contributed by atoms with Crippen LogP contribution in [0, 0.1) is 11.2 Å². The van der Waals surface area contributed by atoms with Gasteiger partial charge in [0.25, 0.3) is 0 Å². The number of hydrogen-bond donors (Lipinski definition) is 1. The molecule has 7 nitrogen and oxygen atoms in total. The van der Waals surface area contributed by atoms with Crippen molar-refractivity contribution >= 4 is 22.5 Å². The Balaban J connectivity index is 1.40. The van der Waals surface area contributed by atoms with Crippen molar-refractivity contribution in [2.75, 3.05) is 4.90 Å². The number of halogens is 1. The lowest BCUT2D eigenvalue weighted by atomic mass is 9.82. The summed E-state index contributed by atoms with van der Waals surface area (Å²) in [5, 5.41) is 9.02. The number of hydrogen-bond acceptors (Lipinski definition) is 5. The van der Waals surface area contributed by atoms with Crippen LogP contribution in [0.25, 0.3) is 16.6 Å². The lowest BCUT2D eigenvalue weighted by Crippen LogP contribution is -2.43. The number of nitrogens with zero attached hydrogens (tertiary/aromatic N) is 5. The van der Waals surface area contributed by atoms with Crippen LogP contribution in [0.15, 0.2) is 97.5 Å². The number of carbonyl (C=O) groups excluding carboxylic acids is 1. The molecule has 3 heterocycles. The molecule has 0 saturated carbocycles. The predicted octanol–water partition coefficient (Wildman–Crippen LogP) is 5.23. The molecule has 190 valence electrons. The molecule has 1 N–H and O–H groups in total. The zero-order chi connectivity index (χ0) is 26.3. The van der Waals surface area contributed by atoms with Gasteiger partial charge in [-0.3, -0.25) is 4.79 Å². The first-order valence-corrected chi connectivity index (χ1v) is 12.5. The first-order valence-electron chi connectivity index (χ1n) is 12.5. The highest BCUT2D eigenvalue weighted by Crippen LogP contribution is 2.47. The van der Waals surface area contributed by atoms with Crippen LogP contribution < -0.4 is 10.2 Å². The first-order chi connectivity index (χ1) is 18.4. The molecule has 0 bridgehead atoms. The molecule has 0 radical (unpaired) electrons. The molecule has 0 spiro atoms. The van der Waals surface area contributed by atoms with E-state index in [-0.39, 0.29) is 23.8 Å². The number of nitrogens with one attached hydrogen (secondary N) is 1. The summed E-state index contributed by atoms with van der Waals surface area (Å²) in [4.78, 5) is 24.6. The van der Waals surface area contributed by atoms with Gasteiger partial charge in [-0.25, -0.2) is 19.0 Å². The summed E-state index contributed by atoms with van der Waals surface area (Å²) in [6, 6.07) is 23.6. The minimum Gasteiger partial charge on any atom is -0.304 e. The highest BCUT2D eigenvalue weighted by atomic mass is 19.1. The molecule has 5 aromatic rings. The average Bonchev–Trinajstić information content (AvgIpc) is 3.45. The third-order valence-electron chi connectivity index (χ3n) is 7.28. The molecule has 8 heteroatoms. The highest BCUT2D eigenvalue weighted by molar-refractivity contribution is 6.03. The van der Waals surface area contributed by atoms with E-state index in [9.17, 15) is 9.18 Å². The van der Waals surface area contributed by atoms with Crippen molar-refractivity contribution in [2.45, 2.75) is 32.5 Å². The molecule has 1 aliphatic heterocycles. The van der Waals surface area contributed by atoms with Crippen LogP contribution in [-0.2, 0) is 11.3 Å². The van der Waals surface area contributed by atoms with Crippen molar-refractivity contribution < 1.29 is 9.18 Å². The Hall–Kier alpha value is -4.43. The lowest BCUT2D eigenvalue weighted by molar-refractivity contribution is -0.124. The largest absolute Gasteiger partial charge is 0.304 e. The number of anilines is 1. The van der Waals surface area contributed by atoms with Crippen LogP contribution in [0.5, 0.6) is 0 Å². The van der Waals surface area contributed by atoms with Gasteiger partial charge >= 0.3 is 0 Å². The molecule has 1 fully saturated rings. The molecule has 38 heavy (non-hydrogen) atoms. The van der Waals surface area contributed by atoms with Crippen molar-refractivity contribution in [3.63, 3.8) is 0 Å². The van der Waals surface area contributed by atoms with Crippen LogP contribution in [0.1, 0.15) is 31.3 Å². The fourth-order valence-corrected chi connectivity index (χ4v) is 5.33. The van der Waals surface area contributed by atoms with E-state index in [1.54, 1.807) is 41.5 Å². The lowest BCUT2D eigenvalue weighted by Gasteiger charge is -2.31. The van der Waals surface area contributed by atoms with Gasteiger partial charge in [-0.05, 0) is 67.9 Å². The molecule has 6 rings (SSSR count). The monoisotopic (exact) mass is 506 g/mol. The summed E-state index contributed by atoms with van der Waals surface area (Å²) in [7, 11) is 0. The summed E-state index contributed by atoms with van der Waals surface area (Å²) in [5.41, 5.74) is 2.78. The Bertz CT molecular complexity index is 1580. The van der Waals surface area contributed by atoms with Gasteiger partial charge in [0, 0.05) is 29.5 Å². The molecule has 1 unspecified atom stereocenters. The minimum absolute atomic E-state index is 0.0307. The maximum Gasteiger partial charge on any atom is 0.234 e. The third kappa shape index (κ3) is 4.13. The third-order valence-corrected chi connectivity index (χ3v) is 7.28. The number of aromatic nitrogens is 4. The molecule has 1 saturated heterocycles. The van der Waals surface area contributed by atoms with Crippen LogP contribution in [0.3, 0.4) is 0 Å². The SMILES string of the molecule is CC1(C)C(=O)N(c2ccc3c(cnn3-c3ccc(F)cc3)c2)C(c2ccccc2)[C@H]1NCc1ncccn1. The second-order valence-corrected chi connectivity index (χ2v) is 10.1. The zero-order valence-electron chi connectivity index (χ0n) is 21.1. The van der Waals surface area contributed by atoms with E-state index in [2.05, 4.69) is 32.5 Å². The minimum atomic E-state index is -0.692. The number of fused-ring (bicyclic) bond motifs is 1. The van der Waals surface area contributed by atoms with Crippen LogP contribution in [0.2, 0.25) is 0 Å². The van der Waals surface area contributed by atoms with E-state index in [1.807, 2.05) is 55.1 Å². The van der Waals surface area contributed by atoms with E-state index in [4.69, 9.17) is 0 Å². The Morgan fingerprint density at radius 1 is 0.921 bits per heavy atom. The number of rotatable bonds is 6. The van der Waals surface area contributed by atoms with Crippen molar-refractivity contribution in [3.8, 4) is 5.69 Å². The van der Waals surface area contributed by atoms with E-state index >= 15 is 0 Å². The summed E-state index contributed by atoms with van der Waals surface area (Å²) in [6.45, 7) is 4.42. The molecule has 1 aliphatic rings. The molecular formula is C30H27FN6O. The smallest absolute Gasteiger partial charge is 0.234 e. The normalized spacial score (nSPS) is 18.8. The first kappa shape index (κ1) is 23.9. The average molecular weight is 507 g/mol. The van der Waals surface area contributed by atoms with Gasteiger partial charge in [-0.1, -0.05) is 30.3 Å². The summed E-state index contributed by atoms with van der Waals surface area (Å²) < 4.78 is 15.2. The zero-order valence-corrected chi connectivity index (χ0v) is 21.1. The molecular weight excluding hydrogens is 479 g/mol. The Morgan fingerprint density at radius 3 is 2.37 bits per heavy atom. The van der Waals surface area contributed by atoms with Crippen LogP contribution in [0.4, 0.5) is 10.1 Å². The highest BCUT2D eigenvalue weighted by Gasteiger charge is 2.54. The summed E-state index contributed by atoms with van der Waals surface area (Å²) >= 11 is 0.